The van der Waals surface area contributed by atoms with E-state index in [0.717, 1.165) is 76.3 Å². The van der Waals surface area contributed by atoms with Crippen molar-refractivity contribution in [2.45, 2.75) is 85.5 Å². The van der Waals surface area contributed by atoms with Gasteiger partial charge in [-0.15, -0.1) is 36.4 Å². The van der Waals surface area contributed by atoms with Gasteiger partial charge in [0.1, 0.15) is 11.4 Å². The Morgan fingerprint density at radius 3 is 0.738 bits per heavy atom. The molecule has 0 radical (unpaired) electrons. The van der Waals surface area contributed by atoms with E-state index in [0.29, 0.717) is 74.5 Å². The zero-order valence-electron chi connectivity index (χ0n) is 69.0. The van der Waals surface area contributed by atoms with E-state index in [1.54, 1.807) is 110 Å². The van der Waals surface area contributed by atoms with Crippen LogP contribution in [0.1, 0.15) is 80.7 Å². The van der Waals surface area contributed by atoms with Crippen LogP contribution in [0.4, 0.5) is 52.7 Å². The molecule has 0 aliphatic heterocycles. The van der Waals surface area contributed by atoms with Gasteiger partial charge < -0.3 is 55.7 Å². The molecule has 3 aromatic carbocycles. The van der Waals surface area contributed by atoms with Crippen LogP contribution < -0.4 is 30.6 Å². The molecular formula is C86H66F12Ir3N29. The second-order valence-corrected chi connectivity index (χ2v) is 28.0. The molecular weight excluding hydrogens is 2240 g/mol. The maximum atomic E-state index is 13.4. The number of rotatable bonds is 9. The van der Waals surface area contributed by atoms with Crippen LogP contribution >= 0.6 is 0 Å². The fourth-order valence-electron chi connectivity index (χ4n) is 10.1. The second kappa shape index (κ2) is 49.2. The Labute approximate surface area is 773 Å². The quantitative estimate of drug-likeness (QED) is 0.0956. The molecule has 0 saturated carbocycles. The van der Waals surface area contributed by atoms with E-state index in [4.69, 9.17) is 0 Å². The topological polar surface area (TPSA) is 381 Å². The normalized spacial score (nSPS) is 10.6. The van der Waals surface area contributed by atoms with E-state index in [-0.39, 0.29) is 99.2 Å². The number of hydrogen-bond acceptors (Lipinski definition) is 23. The summed E-state index contributed by atoms with van der Waals surface area (Å²) in [5.41, 5.74) is 8.49. The largest absolute Gasteiger partial charge is 3.00 e. The summed E-state index contributed by atoms with van der Waals surface area (Å²) in [7, 11) is 0. The van der Waals surface area contributed by atoms with E-state index in [1.807, 2.05) is 141 Å². The minimum Gasteiger partial charge on any atom is -0.573 e. The van der Waals surface area contributed by atoms with Crippen molar-refractivity contribution in [1.29, 1.82) is 0 Å². The standard InChI is InChI=1S/2C13H13F3N3.3C12H8F2N.4C6H4N5.3Ir/c2*1-12(2,3)8-4-5-17-9(6-8)10-7-11(19-18-10)13(14,15)16;3*1-8-4-5-15-12(6-8)10-3-2-9(13)7-11(10)14;4*1-2-4-7-5(3-1)6-8-10-11-9-6;;;/h2*4-7H,1-3H3;3*2,4-7H,1H3;4*1-4H;;;/q9*-1;3*+3. The molecule has 0 N–H and O–H groups in total. The number of aromatic nitrogens is 29. The maximum absolute atomic E-state index is 13.4. The summed E-state index contributed by atoms with van der Waals surface area (Å²) < 4.78 is 153. The monoisotopic (exact) mass is 2310 g/mol. The fraction of sp³-hybridized carbons (Fsp3) is 0.151. The first-order chi connectivity index (χ1) is 60.7. The first-order valence-corrected chi connectivity index (χ1v) is 37.1. The number of nitrogens with zero attached hydrogens (tertiary/aromatic N) is 29. The van der Waals surface area contributed by atoms with Gasteiger partial charge in [0.2, 0.25) is 0 Å². The summed E-state index contributed by atoms with van der Waals surface area (Å²) in [6.07, 6.45) is 5.62. The number of benzene rings is 3. The molecule has 0 aliphatic rings. The SMILES string of the molecule is CC(C)(C)c1ccnc(-c2cc(C(F)(F)F)n[n-]2)c1.CC(C)(C)c1ccnc(-c2cc(C(F)(F)F)n[n-]2)c1.Cc1ccnc(-c2[c-]cc(F)cc2F)c1.Cc1ccnc(-c2[c-]cc(F)cc2F)c1.Cc1ccnc(-c2[c-]cc(F)cc2F)c1.[Ir+3].[Ir+3].[Ir+3].c1ccc(-c2nnn[n-]2)nc1.c1ccc(-c2nnn[n-]2)nc1.c1ccc(-c2nnn[n-]2)nc1.c1ccc(-c2nnn[n-]2)nc1. The van der Waals surface area contributed by atoms with Gasteiger partial charge in [0.05, 0.1) is 46.1 Å². The van der Waals surface area contributed by atoms with E-state index >= 15 is 0 Å². The van der Waals surface area contributed by atoms with Crippen molar-refractivity contribution in [3.63, 3.8) is 0 Å². The Morgan fingerprint density at radius 1 is 0.277 bits per heavy atom. The van der Waals surface area contributed by atoms with E-state index in [9.17, 15) is 52.7 Å². The van der Waals surface area contributed by atoms with Crippen LogP contribution in [0.3, 0.4) is 0 Å². The van der Waals surface area contributed by atoms with Crippen LogP contribution in [-0.4, -0.2) is 117 Å². The Morgan fingerprint density at radius 2 is 0.531 bits per heavy atom. The zero-order valence-corrected chi connectivity index (χ0v) is 76.2. The van der Waals surface area contributed by atoms with Crippen molar-refractivity contribution in [3.8, 4) is 103 Å². The third-order valence-corrected chi connectivity index (χ3v) is 16.4. The average molecular weight is 2310 g/mol. The summed E-state index contributed by atoms with van der Waals surface area (Å²) >= 11 is 0. The molecule has 15 heterocycles. The molecule has 0 atom stereocenters. The molecule has 0 amide bonds. The van der Waals surface area contributed by atoms with Gasteiger partial charge in [-0.25, -0.2) is 0 Å². The number of hydrogen-bond donors (Lipinski definition) is 0. The van der Waals surface area contributed by atoms with Gasteiger partial charge in [-0.2, -0.15) is 47.2 Å². The number of pyridine rings is 9. The molecule has 0 aliphatic carbocycles. The molecule has 18 rings (SSSR count). The van der Waals surface area contributed by atoms with Gasteiger partial charge >= 0.3 is 72.7 Å². The van der Waals surface area contributed by atoms with Crippen molar-refractivity contribution >= 4 is 0 Å². The second-order valence-electron chi connectivity index (χ2n) is 28.0. The summed E-state index contributed by atoms with van der Waals surface area (Å²) in [6, 6.07) is 55.0. The fourth-order valence-corrected chi connectivity index (χ4v) is 10.1. The van der Waals surface area contributed by atoms with Crippen LogP contribution in [-0.2, 0) is 83.5 Å². The predicted octanol–water partition coefficient (Wildman–Crippen LogP) is 15.8. The van der Waals surface area contributed by atoms with Crippen molar-refractivity contribution in [2.24, 2.45) is 0 Å². The van der Waals surface area contributed by atoms with Crippen molar-refractivity contribution in [3.05, 3.63) is 330 Å². The van der Waals surface area contributed by atoms with Crippen molar-refractivity contribution in [2.75, 3.05) is 0 Å². The molecule has 666 valence electrons. The molecule has 29 nitrogen and oxygen atoms in total. The molecule has 0 saturated heterocycles. The molecule has 0 spiro atoms. The maximum Gasteiger partial charge on any atom is 3.00 e. The molecule has 0 fully saturated rings. The smallest absolute Gasteiger partial charge is 0.573 e. The zero-order chi connectivity index (χ0) is 91.1. The number of tetrazole rings is 4. The average Bonchev–Trinajstić information content (AvgIpc) is 1.66. The van der Waals surface area contributed by atoms with Crippen LogP contribution in [0.5, 0.6) is 0 Å². The summed E-state index contributed by atoms with van der Waals surface area (Å²) in [5, 5.41) is 69.4. The van der Waals surface area contributed by atoms with Gasteiger partial charge in [-0.3, -0.25) is 97.5 Å². The number of alkyl halides is 6. The molecule has 15 aromatic heterocycles. The Hall–Kier alpha value is -14.2. The van der Waals surface area contributed by atoms with Gasteiger partial charge in [-0.05, 0) is 163 Å². The molecule has 44 heteroatoms. The predicted molar refractivity (Wildman–Crippen MR) is 434 cm³/mol. The minimum atomic E-state index is -4.48. The van der Waals surface area contributed by atoms with Gasteiger partial charge in [0, 0.05) is 102 Å². The van der Waals surface area contributed by atoms with Gasteiger partial charge in [0.15, 0.2) is 0 Å². The third-order valence-electron chi connectivity index (χ3n) is 16.4. The molecule has 0 bridgehead atoms. The van der Waals surface area contributed by atoms with Crippen LogP contribution in [0.2, 0.25) is 0 Å². The third kappa shape index (κ3) is 32.0. The molecule has 130 heavy (non-hydrogen) atoms. The number of halogens is 12. The Bertz CT molecular complexity index is 5760. The van der Waals surface area contributed by atoms with Gasteiger partial charge in [0.25, 0.3) is 0 Å². The first kappa shape index (κ1) is 103. The summed E-state index contributed by atoms with van der Waals surface area (Å²) in [4.78, 5) is 36.2. The molecule has 18 aromatic rings. The molecule has 0 unspecified atom stereocenters. The van der Waals surface area contributed by atoms with Crippen LogP contribution in [0, 0.1) is 73.9 Å². The van der Waals surface area contributed by atoms with E-state index in [2.05, 4.69) is 166 Å². The van der Waals surface area contributed by atoms with Crippen molar-refractivity contribution in [1.82, 2.24) is 148 Å². The number of aryl methyl sites for hydroxylation is 3. The van der Waals surface area contributed by atoms with Gasteiger partial charge in [-0.1, -0.05) is 147 Å². The van der Waals surface area contributed by atoms with Crippen LogP contribution in [0.15, 0.2) is 238 Å². The van der Waals surface area contributed by atoms with E-state index in [1.165, 1.54) is 0 Å². The Kier molecular flexibility index (Phi) is 39.0. The first-order valence-electron chi connectivity index (χ1n) is 37.1. The Balaban J connectivity index is 0.000000201. The van der Waals surface area contributed by atoms with E-state index < -0.39 is 58.6 Å². The van der Waals surface area contributed by atoms with Crippen LogP contribution in [0.25, 0.3) is 103 Å². The van der Waals surface area contributed by atoms with Crippen molar-refractivity contribution < 1.29 is 113 Å². The minimum absolute atomic E-state index is 0. The summed E-state index contributed by atoms with van der Waals surface area (Å²) in [5.74, 6) is -1.99. The summed E-state index contributed by atoms with van der Waals surface area (Å²) in [6.45, 7) is 17.8.